The van der Waals surface area contributed by atoms with Crippen molar-refractivity contribution in [2.24, 2.45) is 5.41 Å². The first-order valence-electron chi connectivity index (χ1n) is 7.66. The third-order valence-corrected chi connectivity index (χ3v) is 4.65. The van der Waals surface area contributed by atoms with Gasteiger partial charge in [-0.1, -0.05) is 13.0 Å². The number of halogens is 1. The van der Waals surface area contributed by atoms with Crippen LogP contribution in [0, 0.1) is 5.41 Å². The molecule has 0 aliphatic heterocycles. The van der Waals surface area contributed by atoms with E-state index in [1.165, 1.54) is 19.3 Å². The number of aromatic nitrogens is 1. The first kappa shape index (κ1) is 16.1. The van der Waals surface area contributed by atoms with E-state index >= 15 is 0 Å². The Kier molecular flexibility index (Phi) is 5.09. The summed E-state index contributed by atoms with van der Waals surface area (Å²) in [4.78, 5) is 18.5. The zero-order valence-electron chi connectivity index (χ0n) is 12.5. The molecule has 2 aliphatic rings. The maximum atomic E-state index is 12.4. The van der Waals surface area contributed by atoms with E-state index in [4.69, 9.17) is 0 Å². The summed E-state index contributed by atoms with van der Waals surface area (Å²) in [6.07, 6.45) is 9.56. The lowest BCUT2D eigenvalue weighted by Gasteiger charge is -2.24. The molecule has 21 heavy (non-hydrogen) atoms. The normalized spacial score (nSPS) is 18.5. The Bertz CT molecular complexity index is 472. The fraction of sp³-hybridized carbons (Fsp3) is 0.625. The van der Waals surface area contributed by atoms with Crippen LogP contribution in [0.5, 0.6) is 0 Å². The van der Waals surface area contributed by atoms with Crippen LogP contribution < -0.4 is 5.32 Å². The van der Waals surface area contributed by atoms with E-state index < -0.39 is 0 Å². The van der Waals surface area contributed by atoms with Crippen molar-refractivity contribution in [3.63, 3.8) is 0 Å². The van der Waals surface area contributed by atoms with Crippen molar-refractivity contribution in [2.45, 2.75) is 51.6 Å². The summed E-state index contributed by atoms with van der Waals surface area (Å²) < 4.78 is 0. The molecular formula is C16H24ClN3O. The summed E-state index contributed by atoms with van der Waals surface area (Å²) >= 11 is 0. The van der Waals surface area contributed by atoms with Crippen molar-refractivity contribution < 1.29 is 4.79 Å². The van der Waals surface area contributed by atoms with Gasteiger partial charge in [-0.2, -0.15) is 0 Å². The number of pyridine rings is 1. The summed E-state index contributed by atoms with van der Waals surface area (Å²) in [6.45, 7) is 3.72. The highest BCUT2D eigenvalue weighted by Gasteiger charge is 2.41. The molecule has 0 aromatic carbocycles. The van der Waals surface area contributed by atoms with Gasteiger partial charge in [0.15, 0.2) is 0 Å². The smallest absolute Gasteiger partial charge is 0.317 e. The average Bonchev–Trinajstić information content (AvgIpc) is 3.38. The quantitative estimate of drug-likeness (QED) is 0.875. The number of rotatable bonds is 6. The van der Waals surface area contributed by atoms with Crippen molar-refractivity contribution in [3.05, 3.63) is 30.1 Å². The molecule has 0 bridgehead atoms. The molecule has 2 fully saturated rings. The maximum absolute atomic E-state index is 12.4. The third kappa shape index (κ3) is 4.10. The minimum atomic E-state index is 0. The molecule has 0 saturated heterocycles. The number of carbonyl (C=O) groups excluding carboxylic acids is 1. The molecule has 0 radical (unpaired) electrons. The fourth-order valence-electron chi connectivity index (χ4n) is 2.64. The van der Waals surface area contributed by atoms with Crippen molar-refractivity contribution in [1.82, 2.24) is 15.2 Å². The first-order chi connectivity index (χ1) is 9.72. The van der Waals surface area contributed by atoms with Crippen LogP contribution in [0.4, 0.5) is 4.79 Å². The predicted molar refractivity (Wildman–Crippen MR) is 85.4 cm³/mol. The molecule has 4 nitrogen and oxygen atoms in total. The Morgan fingerprint density at radius 1 is 1.48 bits per heavy atom. The van der Waals surface area contributed by atoms with Crippen LogP contribution in [-0.2, 0) is 6.54 Å². The van der Waals surface area contributed by atoms with Crippen molar-refractivity contribution in [3.8, 4) is 0 Å². The summed E-state index contributed by atoms with van der Waals surface area (Å²) in [6, 6.07) is 4.47. The highest BCUT2D eigenvalue weighted by atomic mass is 35.5. The first-order valence-corrected chi connectivity index (χ1v) is 7.66. The largest absolute Gasteiger partial charge is 0.337 e. The molecule has 0 spiro atoms. The average molecular weight is 310 g/mol. The van der Waals surface area contributed by atoms with Gasteiger partial charge in [-0.25, -0.2) is 4.79 Å². The molecule has 1 aromatic rings. The molecule has 1 N–H and O–H groups in total. The molecule has 1 heterocycles. The van der Waals surface area contributed by atoms with Gasteiger partial charge in [0.2, 0.25) is 0 Å². The van der Waals surface area contributed by atoms with Gasteiger partial charge in [0, 0.05) is 31.5 Å². The van der Waals surface area contributed by atoms with E-state index in [1.54, 1.807) is 6.20 Å². The predicted octanol–water partition coefficient (Wildman–Crippen LogP) is 3.37. The highest BCUT2D eigenvalue weighted by molar-refractivity contribution is 5.85. The zero-order valence-corrected chi connectivity index (χ0v) is 13.4. The van der Waals surface area contributed by atoms with E-state index in [9.17, 15) is 4.79 Å². The number of urea groups is 1. The van der Waals surface area contributed by atoms with Crippen molar-refractivity contribution in [1.29, 1.82) is 0 Å². The van der Waals surface area contributed by atoms with Crippen LogP contribution in [0.15, 0.2) is 24.5 Å². The van der Waals surface area contributed by atoms with Gasteiger partial charge in [-0.05, 0) is 49.1 Å². The molecular weight excluding hydrogens is 286 g/mol. The lowest BCUT2D eigenvalue weighted by Crippen LogP contribution is -2.43. The van der Waals surface area contributed by atoms with E-state index in [1.807, 2.05) is 23.2 Å². The van der Waals surface area contributed by atoms with Crippen molar-refractivity contribution in [2.75, 3.05) is 6.54 Å². The number of hydrogen-bond donors (Lipinski definition) is 1. The second kappa shape index (κ2) is 6.65. The number of nitrogens with zero attached hydrogens (tertiary/aromatic N) is 2. The van der Waals surface area contributed by atoms with Gasteiger partial charge in [0.1, 0.15) is 0 Å². The summed E-state index contributed by atoms with van der Waals surface area (Å²) in [5.74, 6) is 0. The van der Waals surface area contributed by atoms with Gasteiger partial charge in [0.05, 0.1) is 0 Å². The summed E-state index contributed by atoms with van der Waals surface area (Å²) in [5.41, 5.74) is 1.50. The maximum Gasteiger partial charge on any atom is 0.317 e. The summed E-state index contributed by atoms with van der Waals surface area (Å²) in [5, 5.41) is 3.14. The standard InChI is InChI=1S/C16H23N3O.ClH/c1-2-16(7-8-16)12-18-15(20)19(14-5-6-14)11-13-4-3-9-17-10-13;/h3-4,9-10,14H,2,5-8,11-12H2,1H3,(H,18,20);1H. The Morgan fingerprint density at radius 2 is 2.24 bits per heavy atom. The molecule has 0 unspecified atom stereocenters. The molecule has 116 valence electrons. The van der Waals surface area contributed by atoms with Gasteiger partial charge in [0.25, 0.3) is 0 Å². The second-order valence-corrected chi connectivity index (χ2v) is 6.23. The topological polar surface area (TPSA) is 45.2 Å². The van der Waals surface area contributed by atoms with Crippen LogP contribution in [0.2, 0.25) is 0 Å². The highest BCUT2D eigenvalue weighted by Crippen LogP contribution is 2.47. The van der Waals surface area contributed by atoms with Gasteiger partial charge in [-0.3, -0.25) is 4.98 Å². The molecule has 2 aliphatic carbocycles. The Balaban J connectivity index is 0.00000161. The van der Waals surface area contributed by atoms with Crippen LogP contribution in [0.1, 0.15) is 44.6 Å². The van der Waals surface area contributed by atoms with E-state index in [2.05, 4.69) is 17.2 Å². The monoisotopic (exact) mass is 309 g/mol. The molecule has 3 rings (SSSR count). The number of hydrogen-bond acceptors (Lipinski definition) is 2. The van der Waals surface area contributed by atoms with Gasteiger partial charge < -0.3 is 10.2 Å². The minimum absolute atomic E-state index is 0. The van der Waals surface area contributed by atoms with Crippen LogP contribution >= 0.6 is 12.4 Å². The lowest BCUT2D eigenvalue weighted by atomic mass is 10.0. The Hall–Kier alpha value is -1.29. The summed E-state index contributed by atoms with van der Waals surface area (Å²) in [7, 11) is 0. The second-order valence-electron chi connectivity index (χ2n) is 6.23. The molecule has 5 heteroatoms. The minimum Gasteiger partial charge on any atom is -0.337 e. The van der Waals surface area contributed by atoms with E-state index in [-0.39, 0.29) is 18.4 Å². The zero-order chi connectivity index (χ0) is 14.0. The van der Waals surface area contributed by atoms with E-state index in [0.29, 0.717) is 18.0 Å². The fourth-order valence-corrected chi connectivity index (χ4v) is 2.64. The van der Waals surface area contributed by atoms with Crippen LogP contribution in [0.25, 0.3) is 0 Å². The Morgan fingerprint density at radius 3 is 2.76 bits per heavy atom. The number of amides is 2. The van der Waals surface area contributed by atoms with Gasteiger partial charge >= 0.3 is 6.03 Å². The third-order valence-electron chi connectivity index (χ3n) is 4.65. The number of nitrogens with one attached hydrogen (secondary N) is 1. The molecule has 1 aromatic heterocycles. The van der Waals surface area contributed by atoms with Crippen molar-refractivity contribution >= 4 is 18.4 Å². The van der Waals surface area contributed by atoms with E-state index in [0.717, 1.165) is 24.9 Å². The molecule has 0 atom stereocenters. The SMILES string of the molecule is CCC1(CNC(=O)N(Cc2cccnc2)C2CC2)CC1.Cl. The van der Waals surface area contributed by atoms with Gasteiger partial charge in [-0.15, -0.1) is 12.4 Å². The Labute approximate surface area is 132 Å². The molecule has 2 saturated carbocycles. The molecule has 2 amide bonds. The van der Waals surface area contributed by atoms with Crippen LogP contribution in [-0.4, -0.2) is 28.5 Å². The number of carbonyl (C=O) groups is 1. The van der Waals surface area contributed by atoms with Crippen LogP contribution in [0.3, 0.4) is 0 Å². The lowest BCUT2D eigenvalue weighted by molar-refractivity contribution is 0.189.